The fourth-order valence-corrected chi connectivity index (χ4v) is 15.0. The second-order valence-electron chi connectivity index (χ2n) is 25.5. The lowest BCUT2D eigenvalue weighted by Gasteiger charge is -2.49. The van der Waals surface area contributed by atoms with Gasteiger partial charge in [-0.25, -0.2) is 4.79 Å². The van der Waals surface area contributed by atoms with Gasteiger partial charge in [0.25, 0.3) is 5.97 Å². The Morgan fingerprint density at radius 3 is 2.00 bits per heavy atom. The summed E-state index contributed by atoms with van der Waals surface area (Å²) in [5, 5.41) is 69.0. The van der Waals surface area contributed by atoms with Gasteiger partial charge in [0.2, 0.25) is 6.29 Å². The minimum absolute atomic E-state index is 0.00395. The van der Waals surface area contributed by atoms with Crippen LogP contribution >= 0.6 is 23.2 Å². The molecule has 10 fully saturated rings. The normalized spacial score (nSPS) is 47.6. The van der Waals surface area contributed by atoms with Crippen molar-refractivity contribution >= 4 is 40.9 Å². The second-order valence-corrected chi connectivity index (χ2v) is 26.2. The van der Waals surface area contributed by atoms with Gasteiger partial charge in [0.05, 0.1) is 74.5 Å². The summed E-state index contributed by atoms with van der Waals surface area (Å²) in [4.78, 5) is 39.5. The molecule has 0 radical (unpaired) electrons. The van der Waals surface area contributed by atoms with Crippen molar-refractivity contribution in [3.63, 3.8) is 0 Å². The molecule has 11 rings (SSSR count). The lowest BCUT2D eigenvalue weighted by Crippen LogP contribution is -2.72. The summed E-state index contributed by atoms with van der Waals surface area (Å²) in [6.07, 6.45) is -32.8. The van der Waals surface area contributed by atoms with Crippen LogP contribution in [0.25, 0.3) is 0 Å². The average Bonchev–Trinajstić information content (AvgIpc) is 1.54. The number of hydrogen-bond donors (Lipinski definition) is 6. The van der Waals surface area contributed by atoms with Crippen LogP contribution in [0.15, 0.2) is 0 Å². The fraction of sp³-hybridized carbons (Fsp3) is 0.850. The Hall–Kier alpha value is -2.99. The summed E-state index contributed by atoms with van der Waals surface area (Å²) < 4.78 is 141. The number of aliphatic hydroxyl groups excluding tert-OH is 4. The number of benzene rings is 1. The van der Waals surface area contributed by atoms with Gasteiger partial charge in [-0.2, -0.15) is 0 Å². The van der Waals surface area contributed by atoms with Crippen LogP contribution in [0.3, 0.4) is 0 Å². The van der Waals surface area contributed by atoms with E-state index < -0.39 is 212 Å². The number of aliphatic hydroxyl groups is 5. The third-order valence-corrected chi connectivity index (χ3v) is 20.0. The van der Waals surface area contributed by atoms with E-state index in [1.54, 1.807) is 41.5 Å². The number of aromatic hydroxyl groups is 1. The van der Waals surface area contributed by atoms with Gasteiger partial charge < -0.3 is 140 Å². The van der Waals surface area contributed by atoms with Crippen molar-refractivity contribution in [2.24, 2.45) is 0 Å². The Balaban J connectivity index is 0.719. The maximum absolute atomic E-state index is 13.5. The Kier molecular flexibility index (Phi) is 21.7. The Bertz CT molecular complexity index is 2850. The van der Waals surface area contributed by atoms with Crippen molar-refractivity contribution in [3.8, 4) is 11.5 Å². The van der Waals surface area contributed by atoms with Crippen LogP contribution in [0, 0.1) is 6.92 Å². The van der Waals surface area contributed by atoms with E-state index in [1.807, 2.05) is 0 Å². The number of methoxy groups -OCH3 is 4. The zero-order chi connectivity index (χ0) is 68.0. The molecule has 34 heteroatoms. The van der Waals surface area contributed by atoms with Crippen LogP contribution in [0.2, 0.25) is 10.0 Å². The Labute approximate surface area is 551 Å². The minimum atomic E-state index is -2.12. The number of esters is 2. The molecule has 31 atom stereocenters. The molecule has 32 nitrogen and oxygen atoms in total. The maximum atomic E-state index is 13.5. The number of carbonyl (C=O) groups is 3. The zero-order valence-corrected chi connectivity index (χ0v) is 55.6. The summed E-state index contributed by atoms with van der Waals surface area (Å²) >= 11 is 12.5. The number of phenolic OH excluding ortho intramolecular Hbond substituents is 1. The molecule has 0 saturated carbocycles. The molecule has 10 saturated heterocycles. The first kappa shape index (κ1) is 72.3. The molecule has 2 spiro atoms. The lowest BCUT2D eigenvalue weighted by molar-refractivity contribution is -0.428. The smallest absolute Gasteiger partial charge is 0.342 e. The van der Waals surface area contributed by atoms with Gasteiger partial charge in [0.1, 0.15) is 96.2 Å². The number of fused-ring (bicyclic) bond motifs is 4. The van der Waals surface area contributed by atoms with E-state index in [-0.39, 0.29) is 72.6 Å². The molecule has 0 amide bonds. The Morgan fingerprint density at radius 2 is 1.34 bits per heavy atom. The highest BCUT2D eigenvalue weighted by Gasteiger charge is 2.73. The number of ether oxygens (including phenoxy) is 23. The molecule has 10 aliphatic rings. The van der Waals surface area contributed by atoms with Crippen LogP contribution in [-0.4, -0.2) is 286 Å². The minimum Gasteiger partial charge on any atom is -0.505 e. The van der Waals surface area contributed by atoms with Gasteiger partial charge in [-0.15, -0.1) is 0 Å². The monoisotopic (exact) mass is 1390 g/mol. The number of carbonyl (C=O) groups excluding carboxylic acids is 3. The summed E-state index contributed by atoms with van der Waals surface area (Å²) in [5.74, 6) is -6.76. The Morgan fingerprint density at radius 1 is 0.649 bits per heavy atom. The molecule has 0 aliphatic carbocycles. The number of phenols is 1. The van der Waals surface area contributed by atoms with E-state index in [9.17, 15) is 45.0 Å². The number of ketones is 1. The third-order valence-electron chi connectivity index (χ3n) is 19.2. The maximum Gasteiger partial charge on any atom is 0.342 e. The molecule has 10 heterocycles. The first-order valence-corrected chi connectivity index (χ1v) is 32.1. The van der Waals surface area contributed by atoms with Crippen molar-refractivity contribution < 1.29 is 154 Å². The molecule has 10 aliphatic heterocycles. The van der Waals surface area contributed by atoms with Crippen LogP contribution < -0.4 is 4.74 Å². The van der Waals surface area contributed by atoms with Gasteiger partial charge in [-0.05, 0) is 61.0 Å². The second kappa shape index (κ2) is 28.2. The molecule has 1 aromatic rings. The predicted molar refractivity (Wildman–Crippen MR) is 308 cm³/mol. The van der Waals surface area contributed by atoms with Gasteiger partial charge in [-0.1, -0.05) is 30.1 Å². The quantitative estimate of drug-likeness (QED) is 0.111. The van der Waals surface area contributed by atoms with Gasteiger partial charge in [0.15, 0.2) is 66.4 Å². The highest BCUT2D eigenvalue weighted by molar-refractivity contribution is 6.39. The molecule has 532 valence electrons. The number of Topliss-reactive ketones (excluding diaryl/α,β-unsaturated/α-hetero) is 1. The molecule has 94 heavy (non-hydrogen) atoms. The summed E-state index contributed by atoms with van der Waals surface area (Å²) in [6, 6.07) is 0. The fourth-order valence-electron chi connectivity index (χ4n) is 14.5. The van der Waals surface area contributed by atoms with Crippen LogP contribution in [0.1, 0.15) is 97.0 Å². The van der Waals surface area contributed by atoms with Crippen molar-refractivity contribution in [1.29, 1.82) is 0 Å². The third kappa shape index (κ3) is 13.0. The highest BCUT2D eigenvalue weighted by atomic mass is 35.5. The zero-order valence-electron chi connectivity index (χ0n) is 54.1. The number of rotatable bonds is 18. The molecule has 0 aromatic heterocycles. The predicted octanol–water partition coefficient (Wildman–Crippen LogP) is 0.806. The number of halogens is 2. The van der Waals surface area contributed by atoms with Crippen LogP contribution in [0.5, 0.6) is 11.5 Å². The van der Waals surface area contributed by atoms with Crippen molar-refractivity contribution in [3.05, 3.63) is 21.2 Å². The van der Waals surface area contributed by atoms with E-state index in [1.165, 1.54) is 49.2 Å². The van der Waals surface area contributed by atoms with Gasteiger partial charge in [-0.3, -0.25) is 9.59 Å². The molecular weight excluding hydrogens is 1300 g/mol. The average molecular weight is 1390 g/mol. The van der Waals surface area contributed by atoms with Crippen LogP contribution in [0.4, 0.5) is 0 Å². The summed E-state index contributed by atoms with van der Waals surface area (Å²) in [7, 11) is 5.35. The largest absolute Gasteiger partial charge is 0.505 e. The van der Waals surface area contributed by atoms with E-state index >= 15 is 0 Å². The first-order valence-electron chi connectivity index (χ1n) is 31.3. The molecule has 0 bridgehead atoms. The molecule has 6 N–H and O–H groups in total. The summed E-state index contributed by atoms with van der Waals surface area (Å²) in [6.45, 7) is 13.3. The SMILES string of the molecule is CCC(=O)O[C@H]1C(O[C@@H]2O[C@H](COC)[C@@H](O[C@@H]3O[C@H](C)[C@H](OC)C(OC4C[C@@]5(C)OC6(C[C@@H](O)[C@H](OC7C[C@@H](O)[C@H](OC(=O)c8c(C)c(Cl)c(O)c(Cl)c8OC)[C@@H](C)O7)[C@@H](C)O6)O[C@@H]5[C@@H](C)O4)C3O)[C@H](O)[C@@H]2OC)OC[C@@H]2OC3(O[C@H]21)O[C@H](C)[C@@](O)(C(C)=O)[C@@H]1OCO[C@H]13. The van der Waals surface area contributed by atoms with E-state index in [4.69, 9.17) is 132 Å². The van der Waals surface area contributed by atoms with Crippen molar-refractivity contribution in [1.82, 2.24) is 0 Å². The molecule has 7 unspecified atom stereocenters. The summed E-state index contributed by atoms with van der Waals surface area (Å²) in [5.41, 5.74) is -3.33. The molecular formula is C60H86Cl2O32. The van der Waals surface area contributed by atoms with Gasteiger partial charge in [0, 0.05) is 40.6 Å². The first-order chi connectivity index (χ1) is 44.5. The molecule has 1 aromatic carbocycles. The van der Waals surface area contributed by atoms with Gasteiger partial charge >= 0.3 is 17.9 Å². The van der Waals surface area contributed by atoms with Crippen LogP contribution in [-0.2, 0) is 114 Å². The van der Waals surface area contributed by atoms with E-state index in [0.29, 0.717) is 0 Å². The number of hydrogen-bond acceptors (Lipinski definition) is 32. The highest BCUT2D eigenvalue weighted by Crippen LogP contribution is 2.53. The standard InChI is InChI=1S/C60H86Cl2O32/c1-14-32(66)83-49-45-31(91-60(92-45)52-51(77-20-78-52)59(71,26(7)63)27(8)90-60)19-76-55(49)88-56-48(75-13)39(68)44(30(82-56)18-72-10)87-54-40(69)47(43(73-11)23(4)81-54)85-34-17-57(9)50(25(6)80-34)93-58(94-57)16-29(65)42(24(5)89-58)84-33-15-28(64)41(22(3)79-33)86-53(70)35-21(2)36(61)38(67)37(62)46(35)74-12/h22-25,27-31,33-34,39-45,47-52,54-56,64-65,67-69,71H,14-20H2,1-13H3/t22-,23-,24-,25-,27-,28-,29-,30-,31+,33?,34?,39+,40?,41-,42-,43+,44-,45-,47?,48+,49-,50-,51-,52-,54+,55?,56+,57-,58?,59+,60?/m1/s1. The van der Waals surface area contributed by atoms with E-state index in [2.05, 4.69) is 0 Å². The van der Waals surface area contributed by atoms with Crippen molar-refractivity contribution in [2.45, 2.75) is 277 Å². The van der Waals surface area contributed by atoms with E-state index in [0.717, 1.165) is 0 Å². The lowest BCUT2D eigenvalue weighted by atomic mass is 9.81. The van der Waals surface area contributed by atoms with Crippen molar-refractivity contribution in [2.75, 3.05) is 48.4 Å². The topological polar surface area (TPSA) is 385 Å².